The fraction of sp³-hybridized carbons (Fsp3) is 0.833. The Bertz CT molecular complexity index is 333. The van der Waals surface area contributed by atoms with Gasteiger partial charge >= 0.3 is 0 Å². The second-order valence-corrected chi connectivity index (χ2v) is 6.99. The Morgan fingerprint density at radius 1 is 1.44 bits per heavy atom. The van der Waals surface area contributed by atoms with Gasteiger partial charge in [-0.3, -0.25) is 0 Å². The summed E-state index contributed by atoms with van der Waals surface area (Å²) in [5.74, 6) is 0.228. The van der Waals surface area contributed by atoms with E-state index in [0.29, 0.717) is 0 Å². The molecular formula is C12H23NO2S. The number of nitrogens with one attached hydrogen (secondary N) is 1. The van der Waals surface area contributed by atoms with Crippen LogP contribution in [0.25, 0.3) is 0 Å². The van der Waals surface area contributed by atoms with Crippen molar-refractivity contribution in [3.63, 3.8) is 0 Å². The molecule has 16 heavy (non-hydrogen) atoms. The summed E-state index contributed by atoms with van der Waals surface area (Å²) in [5, 5.41) is 3.27. The molecule has 0 fully saturated rings. The van der Waals surface area contributed by atoms with Crippen LogP contribution in [0, 0.1) is 0 Å². The molecule has 0 heterocycles. The molecule has 0 amide bonds. The molecule has 1 aliphatic carbocycles. The third-order valence-corrected chi connectivity index (χ3v) is 3.98. The highest BCUT2D eigenvalue weighted by atomic mass is 32.2. The van der Waals surface area contributed by atoms with Gasteiger partial charge in [-0.05, 0) is 45.6 Å². The lowest BCUT2D eigenvalue weighted by Gasteiger charge is -2.15. The minimum absolute atomic E-state index is 0.0548. The third kappa shape index (κ3) is 6.28. The van der Waals surface area contributed by atoms with E-state index in [1.807, 2.05) is 6.92 Å². The van der Waals surface area contributed by atoms with Crippen molar-refractivity contribution in [2.45, 2.75) is 45.1 Å². The van der Waals surface area contributed by atoms with E-state index >= 15 is 0 Å². The minimum Gasteiger partial charge on any atom is -0.313 e. The normalized spacial score (nSPS) is 19.2. The van der Waals surface area contributed by atoms with Gasteiger partial charge in [-0.25, -0.2) is 8.42 Å². The highest BCUT2D eigenvalue weighted by Crippen LogP contribution is 2.19. The lowest BCUT2D eigenvalue weighted by Crippen LogP contribution is -2.33. The summed E-state index contributed by atoms with van der Waals surface area (Å²) in [6.07, 6.45) is 9.76. The first-order valence-corrected chi connectivity index (χ1v) is 8.12. The van der Waals surface area contributed by atoms with Crippen molar-refractivity contribution < 1.29 is 8.42 Å². The van der Waals surface area contributed by atoms with E-state index in [2.05, 4.69) is 11.4 Å². The second-order valence-electron chi connectivity index (χ2n) is 4.81. The van der Waals surface area contributed by atoms with E-state index in [0.717, 1.165) is 13.0 Å². The van der Waals surface area contributed by atoms with Gasteiger partial charge < -0.3 is 5.32 Å². The van der Waals surface area contributed by atoms with Gasteiger partial charge in [0.05, 0.1) is 5.75 Å². The van der Waals surface area contributed by atoms with Crippen molar-refractivity contribution in [2.24, 2.45) is 0 Å². The molecule has 1 rings (SSSR count). The summed E-state index contributed by atoms with van der Waals surface area (Å²) in [6, 6.07) is 0.0548. The van der Waals surface area contributed by atoms with Crippen molar-refractivity contribution in [2.75, 3.05) is 18.6 Å². The molecule has 0 saturated carbocycles. The first kappa shape index (κ1) is 13.7. The van der Waals surface area contributed by atoms with Gasteiger partial charge in [0.1, 0.15) is 9.84 Å². The van der Waals surface area contributed by atoms with Crippen molar-refractivity contribution in [1.29, 1.82) is 0 Å². The van der Waals surface area contributed by atoms with Crippen LogP contribution in [0.1, 0.15) is 39.0 Å². The first-order valence-electron chi connectivity index (χ1n) is 6.06. The van der Waals surface area contributed by atoms with Gasteiger partial charge in [-0.15, -0.1) is 0 Å². The summed E-state index contributed by atoms with van der Waals surface area (Å²) in [4.78, 5) is 0. The van der Waals surface area contributed by atoms with Gasteiger partial charge in [0, 0.05) is 12.3 Å². The van der Waals surface area contributed by atoms with Gasteiger partial charge in [0.15, 0.2) is 0 Å². The van der Waals surface area contributed by atoms with Crippen LogP contribution >= 0.6 is 0 Å². The molecule has 1 atom stereocenters. The van der Waals surface area contributed by atoms with Crippen LogP contribution in [-0.2, 0) is 9.84 Å². The molecule has 94 valence electrons. The van der Waals surface area contributed by atoms with Crippen LogP contribution in [0.3, 0.4) is 0 Å². The van der Waals surface area contributed by atoms with Gasteiger partial charge in [-0.1, -0.05) is 11.6 Å². The Kier molecular flexibility index (Phi) is 5.49. The first-order chi connectivity index (χ1) is 7.47. The summed E-state index contributed by atoms with van der Waals surface area (Å²) in [6.45, 7) is 2.82. The SMILES string of the molecule is CC(CS(C)(=O)=O)NCCC1=CCCCC1. The Labute approximate surface area is 99.2 Å². The maximum atomic E-state index is 11.1. The zero-order chi connectivity index (χ0) is 12.0. The fourth-order valence-electron chi connectivity index (χ4n) is 2.12. The largest absolute Gasteiger partial charge is 0.313 e. The van der Waals surface area contributed by atoms with Gasteiger partial charge in [0.25, 0.3) is 0 Å². The molecule has 0 aromatic carbocycles. The number of hydrogen-bond donors (Lipinski definition) is 1. The molecule has 4 heteroatoms. The van der Waals surface area contributed by atoms with Crippen molar-refractivity contribution >= 4 is 9.84 Å². The van der Waals surface area contributed by atoms with E-state index in [4.69, 9.17) is 0 Å². The van der Waals surface area contributed by atoms with Crippen LogP contribution in [-0.4, -0.2) is 33.0 Å². The van der Waals surface area contributed by atoms with Crippen LogP contribution in [0.5, 0.6) is 0 Å². The number of rotatable bonds is 6. The fourth-order valence-corrected chi connectivity index (χ4v) is 3.15. The van der Waals surface area contributed by atoms with E-state index < -0.39 is 9.84 Å². The quantitative estimate of drug-likeness (QED) is 0.727. The summed E-state index contributed by atoms with van der Waals surface area (Å²) < 4.78 is 22.1. The molecule has 0 saturated heterocycles. The van der Waals surface area contributed by atoms with Crippen molar-refractivity contribution in [3.8, 4) is 0 Å². The van der Waals surface area contributed by atoms with Crippen molar-refractivity contribution in [3.05, 3.63) is 11.6 Å². The van der Waals surface area contributed by atoms with Crippen LogP contribution < -0.4 is 5.32 Å². The summed E-state index contributed by atoms with van der Waals surface area (Å²) >= 11 is 0. The maximum absolute atomic E-state index is 11.1. The molecule has 0 radical (unpaired) electrons. The lowest BCUT2D eigenvalue weighted by atomic mass is 9.97. The molecular weight excluding hydrogens is 222 g/mol. The highest BCUT2D eigenvalue weighted by Gasteiger charge is 2.10. The number of sulfone groups is 1. The minimum atomic E-state index is -2.86. The molecule has 0 aliphatic heterocycles. The average Bonchev–Trinajstić information content (AvgIpc) is 2.16. The smallest absolute Gasteiger partial charge is 0.148 e. The maximum Gasteiger partial charge on any atom is 0.148 e. The molecule has 3 nitrogen and oxygen atoms in total. The average molecular weight is 245 g/mol. The number of hydrogen-bond acceptors (Lipinski definition) is 3. The van der Waals surface area contributed by atoms with Gasteiger partial charge in [-0.2, -0.15) is 0 Å². The van der Waals surface area contributed by atoms with Crippen molar-refractivity contribution in [1.82, 2.24) is 5.32 Å². The highest BCUT2D eigenvalue weighted by molar-refractivity contribution is 7.90. The summed E-state index contributed by atoms with van der Waals surface area (Å²) in [7, 11) is -2.86. The zero-order valence-corrected chi connectivity index (χ0v) is 11.1. The molecule has 0 bridgehead atoms. The standard InChI is InChI=1S/C12H23NO2S/c1-11(10-16(2,14)15)13-9-8-12-6-4-3-5-7-12/h6,11,13H,3-5,7-10H2,1-2H3. The summed E-state index contributed by atoms with van der Waals surface area (Å²) in [5.41, 5.74) is 1.53. The second kappa shape index (κ2) is 6.40. The molecule has 0 spiro atoms. The van der Waals surface area contributed by atoms with Gasteiger partial charge in [0.2, 0.25) is 0 Å². The molecule has 0 aromatic rings. The zero-order valence-electron chi connectivity index (χ0n) is 10.3. The predicted octanol–water partition coefficient (Wildman–Crippen LogP) is 1.90. The Hall–Kier alpha value is -0.350. The molecule has 0 aromatic heterocycles. The topological polar surface area (TPSA) is 46.2 Å². The van der Waals surface area contributed by atoms with E-state index in [1.54, 1.807) is 0 Å². The van der Waals surface area contributed by atoms with Crippen LogP contribution in [0.4, 0.5) is 0 Å². The Balaban J connectivity index is 2.17. The molecule has 1 N–H and O–H groups in total. The predicted molar refractivity (Wildman–Crippen MR) is 68.3 cm³/mol. The third-order valence-electron chi connectivity index (χ3n) is 2.88. The molecule has 1 aliphatic rings. The van der Waals surface area contributed by atoms with E-state index in [9.17, 15) is 8.42 Å². The van der Waals surface area contributed by atoms with E-state index in [1.165, 1.54) is 37.5 Å². The van der Waals surface area contributed by atoms with Crippen LogP contribution in [0.2, 0.25) is 0 Å². The lowest BCUT2D eigenvalue weighted by molar-refractivity contribution is 0.554. The Morgan fingerprint density at radius 2 is 2.19 bits per heavy atom. The van der Waals surface area contributed by atoms with Crippen LogP contribution in [0.15, 0.2) is 11.6 Å². The number of allylic oxidation sites excluding steroid dienone is 1. The Morgan fingerprint density at radius 3 is 2.75 bits per heavy atom. The monoisotopic (exact) mass is 245 g/mol. The van der Waals surface area contributed by atoms with E-state index in [-0.39, 0.29) is 11.8 Å². The molecule has 1 unspecified atom stereocenters.